The van der Waals surface area contributed by atoms with Gasteiger partial charge in [0.2, 0.25) is 5.91 Å². The highest BCUT2D eigenvalue weighted by atomic mass is 32.2. The van der Waals surface area contributed by atoms with Crippen LogP contribution in [0.25, 0.3) is 0 Å². The Morgan fingerprint density at radius 2 is 2.14 bits per heavy atom. The number of amides is 1. The summed E-state index contributed by atoms with van der Waals surface area (Å²) in [5.74, 6) is 0.553. The van der Waals surface area contributed by atoms with Crippen molar-refractivity contribution in [3.8, 4) is 5.75 Å². The van der Waals surface area contributed by atoms with E-state index in [4.69, 9.17) is 0 Å². The summed E-state index contributed by atoms with van der Waals surface area (Å²) in [5.41, 5.74) is 0. The maximum Gasteiger partial charge on any atom is 0.233 e. The number of rotatable bonds is 7. The van der Waals surface area contributed by atoms with E-state index in [9.17, 15) is 9.90 Å². The Labute approximate surface area is 132 Å². The standard InChI is InChI=1S/C16H17NO2S2/c1-2-9-17(11-13-6-5-10-20-13)16(19)12-21-15-8-4-3-7-14(15)18/h2-8,10,18H,1,9,11-12H2. The van der Waals surface area contributed by atoms with E-state index < -0.39 is 0 Å². The second-order valence-corrected chi connectivity index (χ2v) is 6.45. The molecule has 0 atom stereocenters. The van der Waals surface area contributed by atoms with Gasteiger partial charge in [-0.2, -0.15) is 0 Å². The van der Waals surface area contributed by atoms with Crippen LogP contribution in [0.15, 0.2) is 59.3 Å². The number of hydrogen-bond donors (Lipinski definition) is 1. The number of aromatic hydroxyl groups is 1. The molecule has 110 valence electrons. The number of para-hydroxylation sites is 1. The fraction of sp³-hybridized carbons (Fsp3) is 0.188. The minimum absolute atomic E-state index is 0.0385. The second kappa shape index (κ2) is 7.90. The van der Waals surface area contributed by atoms with Crippen molar-refractivity contribution in [2.75, 3.05) is 12.3 Å². The number of hydrogen-bond acceptors (Lipinski definition) is 4. The van der Waals surface area contributed by atoms with E-state index in [1.807, 2.05) is 29.6 Å². The number of thioether (sulfide) groups is 1. The minimum atomic E-state index is 0.0385. The van der Waals surface area contributed by atoms with Gasteiger partial charge in [-0.05, 0) is 23.6 Å². The minimum Gasteiger partial charge on any atom is -0.507 e. The molecule has 0 saturated heterocycles. The Hall–Kier alpha value is -1.72. The number of phenolic OH excluding ortho intramolecular Hbond substituents is 1. The number of nitrogens with zero attached hydrogens (tertiary/aromatic N) is 1. The monoisotopic (exact) mass is 319 g/mol. The molecule has 0 radical (unpaired) electrons. The van der Waals surface area contributed by atoms with Crippen LogP contribution in [-0.4, -0.2) is 28.2 Å². The largest absolute Gasteiger partial charge is 0.507 e. The van der Waals surface area contributed by atoms with E-state index in [2.05, 4.69) is 6.58 Å². The third-order valence-corrected chi connectivity index (χ3v) is 4.75. The van der Waals surface area contributed by atoms with Crippen molar-refractivity contribution in [2.24, 2.45) is 0 Å². The van der Waals surface area contributed by atoms with Gasteiger partial charge in [0.1, 0.15) is 5.75 Å². The summed E-state index contributed by atoms with van der Waals surface area (Å²) in [4.78, 5) is 16.0. The summed E-state index contributed by atoms with van der Waals surface area (Å²) < 4.78 is 0. The van der Waals surface area contributed by atoms with E-state index in [-0.39, 0.29) is 11.7 Å². The van der Waals surface area contributed by atoms with Crippen molar-refractivity contribution < 1.29 is 9.90 Å². The van der Waals surface area contributed by atoms with Crippen molar-refractivity contribution in [2.45, 2.75) is 11.4 Å². The predicted octanol–water partition coefficient (Wildman–Crippen LogP) is 3.76. The quantitative estimate of drug-likeness (QED) is 0.624. The van der Waals surface area contributed by atoms with Gasteiger partial charge in [-0.1, -0.05) is 24.3 Å². The topological polar surface area (TPSA) is 40.5 Å². The zero-order chi connectivity index (χ0) is 15.1. The van der Waals surface area contributed by atoms with Crippen molar-refractivity contribution in [1.29, 1.82) is 0 Å². The van der Waals surface area contributed by atoms with Crippen LogP contribution in [0.1, 0.15) is 4.88 Å². The normalized spacial score (nSPS) is 10.3. The fourth-order valence-corrected chi connectivity index (χ4v) is 3.38. The van der Waals surface area contributed by atoms with E-state index >= 15 is 0 Å². The molecule has 0 spiro atoms. The second-order valence-electron chi connectivity index (χ2n) is 4.40. The molecule has 2 rings (SSSR count). The van der Waals surface area contributed by atoms with Gasteiger partial charge in [-0.25, -0.2) is 0 Å². The Morgan fingerprint density at radius 1 is 1.33 bits per heavy atom. The smallest absolute Gasteiger partial charge is 0.233 e. The number of phenols is 1. The van der Waals surface area contributed by atoms with Gasteiger partial charge in [-0.15, -0.1) is 29.7 Å². The Bertz CT molecular complexity index is 596. The van der Waals surface area contributed by atoms with Gasteiger partial charge in [0.15, 0.2) is 0 Å². The van der Waals surface area contributed by atoms with Crippen LogP contribution >= 0.6 is 23.1 Å². The SMILES string of the molecule is C=CCN(Cc1cccs1)C(=O)CSc1ccccc1O. The lowest BCUT2D eigenvalue weighted by atomic mass is 10.3. The van der Waals surface area contributed by atoms with Gasteiger partial charge in [-0.3, -0.25) is 4.79 Å². The number of benzene rings is 1. The molecule has 2 aromatic rings. The van der Waals surface area contributed by atoms with Crippen LogP contribution in [0, 0.1) is 0 Å². The lowest BCUT2D eigenvalue weighted by molar-refractivity contribution is -0.128. The van der Waals surface area contributed by atoms with Gasteiger partial charge in [0.05, 0.1) is 12.3 Å². The third-order valence-electron chi connectivity index (χ3n) is 2.85. The number of carbonyl (C=O) groups excluding carboxylic acids is 1. The molecule has 1 aromatic heterocycles. The third kappa shape index (κ3) is 4.65. The first-order chi connectivity index (χ1) is 10.2. The molecule has 3 nitrogen and oxygen atoms in total. The zero-order valence-corrected chi connectivity index (χ0v) is 13.2. The Balaban J connectivity index is 1.95. The first-order valence-electron chi connectivity index (χ1n) is 6.52. The summed E-state index contributed by atoms with van der Waals surface area (Å²) in [6, 6.07) is 11.0. The Morgan fingerprint density at radius 3 is 2.81 bits per heavy atom. The van der Waals surface area contributed by atoms with Gasteiger partial charge in [0, 0.05) is 16.3 Å². The molecule has 0 aliphatic rings. The molecule has 21 heavy (non-hydrogen) atoms. The van der Waals surface area contributed by atoms with Gasteiger partial charge in [0.25, 0.3) is 0 Å². The highest BCUT2D eigenvalue weighted by Crippen LogP contribution is 2.27. The predicted molar refractivity (Wildman–Crippen MR) is 88.8 cm³/mol. The molecule has 1 amide bonds. The van der Waals surface area contributed by atoms with E-state index in [0.717, 1.165) is 9.77 Å². The maximum atomic E-state index is 12.3. The highest BCUT2D eigenvalue weighted by molar-refractivity contribution is 8.00. The van der Waals surface area contributed by atoms with Crippen LogP contribution in [-0.2, 0) is 11.3 Å². The van der Waals surface area contributed by atoms with Gasteiger partial charge >= 0.3 is 0 Å². The molecule has 0 aliphatic heterocycles. The molecule has 1 N–H and O–H groups in total. The molecule has 0 saturated carbocycles. The van der Waals surface area contributed by atoms with E-state index in [0.29, 0.717) is 18.8 Å². The number of thiophene rings is 1. The van der Waals surface area contributed by atoms with Crippen molar-refractivity contribution in [1.82, 2.24) is 4.90 Å². The maximum absolute atomic E-state index is 12.3. The molecular formula is C16H17NO2S2. The first-order valence-corrected chi connectivity index (χ1v) is 8.39. The summed E-state index contributed by atoms with van der Waals surface area (Å²) in [5, 5.41) is 11.7. The lowest BCUT2D eigenvalue weighted by Gasteiger charge is -2.20. The zero-order valence-electron chi connectivity index (χ0n) is 11.6. The molecule has 0 aliphatic carbocycles. The average Bonchev–Trinajstić information content (AvgIpc) is 2.99. The molecule has 0 fully saturated rings. The molecular weight excluding hydrogens is 302 g/mol. The summed E-state index contributed by atoms with van der Waals surface area (Å²) in [6.45, 7) is 4.83. The summed E-state index contributed by atoms with van der Waals surface area (Å²) in [7, 11) is 0. The van der Waals surface area contributed by atoms with Crippen LogP contribution in [0.2, 0.25) is 0 Å². The van der Waals surface area contributed by atoms with E-state index in [1.165, 1.54) is 11.8 Å². The van der Waals surface area contributed by atoms with Crippen LogP contribution in [0.3, 0.4) is 0 Å². The Kier molecular flexibility index (Phi) is 5.90. The molecule has 0 unspecified atom stereocenters. The van der Waals surface area contributed by atoms with Crippen LogP contribution in [0.4, 0.5) is 0 Å². The van der Waals surface area contributed by atoms with Crippen molar-refractivity contribution in [3.05, 3.63) is 59.3 Å². The van der Waals surface area contributed by atoms with Gasteiger partial charge < -0.3 is 10.0 Å². The summed E-state index contributed by atoms with van der Waals surface area (Å²) in [6.07, 6.45) is 1.73. The molecule has 1 aromatic carbocycles. The molecule has 0 bridgehead atoms. The fourth-order valence-electron chi connectivity index (χ4n) is 1.81. The van der Waals surface area contributed by atoms with Crippen molar-refractivity contribution >= 4 is 29.0 Å². The summed E-state index contributed by atoms with van der Waals surface area (Å²) >= 11 is 2.99. The molecule has 1 heterocycles. The first kappa shape index (κ1) is 15.7. The van der Waals surface area contributed by atoms with Crippen LogP contribution in [0.5, 0.6) is 5.75 Å². The average molecular weight is 319 g/mol. The number of carbonyl (C=O) groups is 1. The van der Waals surface area contributed by atoms with E-state index in [1.54, 1.807) is 34.4 Å². The van der Waals surface area contributed by atoms with Crippen LogP contribution < -0.4 is 0 Å². The van der Waals surface area contributed by atoms with Crippen molar-refractivity contribution in [3.63, 3.8) is 0 Å². The lowest BCUT2D eigenvalue weighted by Crippen LogP contribution is -2.31. The molecule has 5 heteroatoms. The highest BCUT2D eigenvalue weighted by Gasteiger charge is 2.14.